The first-order valence-corrected chi connectivity index (χ1v) is 8.36. The third-order valence-electron chi connectivity index (χ3n) is 3.52. The highest BCUT2D eigenvalue weighted by Crippen LogP contribution is 2.29. The fourth-order valence-electron chi connectivity index (χ4n) is 2.30. The number of nitrogens with one attached hydrogen (secondary N) is 1. The maximum atomic E-state index is 13.0. The van der Waals surface area contributed by atoms with Crippen LogP contribution in [0.2, 0.25) is 10.0 Å². The monoisotopic (exact) mass is 415 g/mol. The van der Waals surface area contributed by atoms with E-state index < -0.39 is 6.04 Å². The maximum Gasteiger partial charge on any atom is 0.268 e. The number of halogens is 3. The van der Waals surface area contributed by atoms with E-state index in [1.165, 1.54) is 4.57 Å². The van der Waals surface area contributed by atoms with Crippen molar-refractivity contribution in [1.82, 2.24) is 19.7 Å². The molecule has 0 aliphatic carbocycles. The van der Waals surface area contributed by atoms with Crippen molar-refractivity contribution >= 4 is 50.0 Å². The van der Waals surface area contributed by atoms with E-state index in [0.29, 0.717) is 33.1 Å². The molecule has 0 aliphatic heterocycles. The zero-order chi connectivity index (χ0) is 16.7. The summed E-state index contributed by atoms with van der Waals surface area (Å²) < 4.78 is 2.00. The number of H-pyrrole nitrogens is 1. The van der Waals surface area contributed by atoms with Gasteiger partial charge in [0.2, 0.25) is 0 Å². The quantitative estimate of drug-likeness (QED) is 0.682. The second-order valence-electron chi connectivity index (χ2n) is 4.94. The minimum absolute atomic E-state index is 0.243. The van der Waals surface area contributed by atoms with E-state index in [1.807, 2.05) is 6.92 Å². The first-order chi connectivity index (χ1) is 11.0. The number of hydrogen-bond donors (Lipinski definition) is 2. The summed E-state index contributed by atoms with van der Waals surface area (Å²) in [4.78, 5) is 17.6. The van der Waals surface area contributed by atoms with Gasteiger partial charge in [-0.1, -0.05) is 30.1 Å². The predicted octanol–water partition coefficient (Wildman–Crippen LogP) is 3.59. The highest BCUT2D eigenvalue weighted by molar-refractivity contribution is 9.10. The molecule has 2 heterocycles. The van der Waals surface area contributed by atoms with Gasteiger partial charge in [-0.2, -0.15) is 5.10 Å². The summed E-state index contributed by atoms with van der Waals surface area (Å²) in [6, 6.07) is 2.73. The average molecular weight is 417 g/mol. The van der Waals surface area contributed by atoms with Crippen LogP contribution in [0.4, 0.5) is 0 Å². The molecule has 0 fully saturated rings. The van der Waals surface area contributed by atoms with E-state index >= 15 is 0 Å². The summed E-state index contributed by atoms with van der Waals surface area (Å²) in [6.45, 7) is 1.91. The topological polar surface area (TPSA) is 89.6 Å². The zero-order valence-electron chi connectivity index (χ0n) is 12.0. The lowest BCUT2D eigenvalue weighted by molar-refractivity contribution is 0.618. The first-order valence-electron chi connectivity index (χ1n) is 6.81. The molecule has 1 atom stereocenters. The van der Waals surface area contributed by atoms with Crippen LogP contribution in [0, 0.1) is 0 Å². The number of benzene rings is 1. The average Bonchev–Trinajstić information content (AvgIpc) is 2.95. The number of rotatable bonds is 3. The van der Waals surface area contributed by atoms with Crippen molar-refractivity contribution in [2.45, 2.75) is 19.4 Å². The third-order valence-corrected chi connectivity index (χ3v) is 4.72. The van der Waals surface area contributed by atoms with E-state index in [4.69, 9.17) is 28.9 Å². The van der Waals surface area contributed by atoms with Crippen molar-refractivity contribution in [3.05, 3.63) is 49.0 Å². The predicted molar refractivity (Wildman–Crippen MR) is 94.4 cm³/mol. The van der Waals surface area contributed by atoms with E-state index in [0.717, 1.165) is 0 Å². The van der Waals surface area contributed by atoms with Crippen LogP contribution in [0.25, 0.3) is 16.7 Å². The van der Waals surface area contributed by atoms with Crippen LogP contribution in [-0.2, 0) is 0 Å². The number of aromatic nitrogens is 4. The molecule has 1 aromatic carbocycles. The third kappa shape index (κ3) is 2.67. The molecule has 0 spiro atoms. The molecule has 3 aromatic rings. The SMILES string of the molecule is CCC(N)c1nc2c(Cl)ccc(Cl)c2c(=O)n1-c1[nH]ncc1Br. The van der Waals surface area contributed by atoms with Gasteiger partial charge in [-0.05, 0) is 34.5 Å². The Balaban J connectivity index is 2.51. The van der Waals surface area contributed by atoms with Crippen LogP contribution in [0.5, 0.6) is 0 Å². The molecule has 0 radical (unpaired) electrons. The summed E-state index contributed by atoms with van der Waals surface area (Å²) in [7, 11) is 0. The van der Waals surface area contributed by atoms with Gasteiger partial charge >= 0.3 is 0 Å². The van der Waals surface area contributed by atoms with Gasteiger partial charge in [-0.15, -0.1) is 0 Å². The molecule has 0 amide bonds. The van der Waals surface area contributed by atoms with E-state index in [-0.39, 0.29) is 16.0 Å². The summed E-state index contributed by atoms with van der Waals surface area (Å²) in [6.07, 6.45) is 2.15. The van der Waals surface area contributed by atoms with Crippen molar-refractivity contribution in [1.29, 1.82) is 0 Å². The Morgan fingerprint density at radius 3 is 2.70 bits per heavy atom. The molecule has 2 aromatic heterocycles. The molecular weight excluding hydrogens is 405 g/mol. The normalized spacial score (nSPS) is 12.7. The first kappa shape index (κ1) is 16.4. The maximum absolute atomic E-state index is 13.0. The van der Waals surface area contributed by atoms with Crippen molar-refractivity contribution < 1.29 is 0 Å². The number of nitrogens with zero attached hydrogens (tertiary/aromatic N) is 3. The zero-order valence-corrected chi connectivity index (χ0v) is 15.1. The molecule has 0 aliphatic rings. The van der Waals surface area contributed by atoms with Crippen LogP contribution < -0.4 is 11.3 Å². The van der Waals surface area contributed by atoms with Gasteiger partial charge in [0.15, 0.2) is 5.82 Å². The Kier molecular flexibility index (Phi) is 4.46. The van der Waals surface area contributed by atoms with E-state index in [2.05, 4.69) is 31.1 Å². The fraction of sp³-hybridized carbons (Fsp3) is 0.214. The smallest absolute Gasteiger partial charge is 0.268 e. The standard InChI is InChI=1S/C14H12BrCl2N5O/c1-2-9(18)13-20-11-8(17)4-3-7(16)10(11)14(23)22(13)12-6(15)5-19-21-12/h3-5,9H,2,18H2,1H3,(H,19,21). The van der Waals surface area contributed by atoms with Crippen LogP contribution in [0.15, 0.2) is 27.6 Å². The van der Waals surface area contributed by atoms with Gasteiger partial charge in [0, 0.05) is 0 Å². The molecule has 0 bridgehead atoms. The highest BCUT2D eigenvalue weighted by Gasteiger charge is 2.22. The Morgan fingerprint density at radius 1 is 1.39 bits per heavy atom. The lowest BCUT2D eigenvalue weighted by Crippen LogP contribution is -2.29. The molecule has 3 rings (SSSR count). The largest absolute Gasteiger partial charge is 0.321 e. The van der Waals surface area contributed by atoms with Gasteiger partial charge in [0.05, 0.1) is 37.7 Å². The van der Waals surface area contributed by atoms with Gasteiger partial charge in [-0.3, -0.25) is 9.89 Å². The van der Waals surface area contributed by atoms with Crippen LogP contribution in [0.1, 0.15) is 25.2 Å². The number of nitrogens with two attached hydrogens (primary N) is 1. The van der Waals surface area contributed by atoms with E-state index in [9.17, 15) is 4.79 Å². The van der Waals surface area contributed by atoms with Crippen molar-refractivity contribution in [3.63, 3.8) is 0 Å². The second kappa shape index (κ2) is 6.24. The summed E-state index contributed by atoms with van der Waals surface area (Å²) >= 11 is 15.7. The molecule has 120 valence electrons. The van der Waals surface area contributed by atoms with E-state index in [1.54, 1.807) is 18.3 Å². The second-order valence-corrected chi connectivity index (χ2v) is 6.61. The number of hydrogen-bond acceptors (Lipinski definition) is 4. The highest BCUT2D eigenvalue weighted by atomic mass is 79.9. The molecule has 6 nitrogen and oxygen atoms in total. The summed E-state index contributed by atoms with van der Waals surface area (Å²) in [5, 5.41) is 7.57. The van der Waals surface area contributed by atoms with Crippen LogP contribution >= 0.6 is 39.1 Å². The van der Waals surface area contributed by atoms with Crippen molar-refractivity contribution in [3.8, 4) is 5.82 Å². The van der Waals surface area contributed by atoms with Gasteiger partial charge in [0.1, 0.15) is 5.82 Å². The van der Waals surface area contributed by atoms with Gasteiger partial charge in [-0.25, -0.2) is 9.55 Å². The Hall–Kier alpha value is -1.41. The Labute approximate surface area is 149 Å². The molecule has 1 unspecified atom stereocenters. The number of aromatic amines is 1. The van der Waals surface area contributed by atoms with Crippen LogP contribution in [-0.4, -0.2) is 19.7 Å². The van der Waals surface area contributed by atoms with Crippen molar-refractivity contribution in [2.75, 3.05) is 0 Å². The summed E-state index contributed by atoms with van der Waals surface area (Å²) in [5.41, 5.74) is 6.14. The fourth-order valence-corrected chi connectivity index (χ4v) is 3.10. The Morgan fingerprint density at radius 2 is 2.09 bits per heavy atom. The molecular formula is C14H12BrCl2N5O. The van der Waals surface area contributed by atoms with Gasteiger partial charge in [0.25, 0.3) is 5.56 Å². The van der Waals surface area contributed by atoms with Gasteiger partial charge < -0.3 is 5.73 Å². The minimum atomic E-state index is -0.447. The minimum Gasteiger partial charge on any atom is -0.321 e. The molecule has 0 saturated heterocycles. The van der Waals surface area contributed by atoms with Crippen LogP contribution in [0.3, 0.4) is 0 Å². The lowest BCUT2D eigenvalue weighted by Gasteiger charge is -2.17. The summed E-state index contributed by atoms with van der Waals surface area (Å²) in [5.74, 6) is 0.832. The molecule has 0 saturated carbocycles. The molecule has 9 heteroatoms. The molecule has 23 heavy (non-hydrogen) atoms. The Bertz CT molecular complexity index is 952. The van der Waals surface area contributed by atoms with Crippen molar-refractivity contribution in [2.24, 2.45) is 5.73 Å². The lowest BCUT2D eigenvalue weighted by atomic mass is 10.2. The number of fused-ring (bicyclic) bond motifs is 1. The molecule has 3 N–H and O–H groups in total.